The Bertz CT molecular complexity index is 1110. The summed E-state index contributed by atoms with van der Waals surface area (Å²) in [5.41, 5.74) is 1.99. The van der Waals surface area contributed by atoms with Crippen LogP contribution < -0.4 is 9.64 Å². The number of pyridine rings is 2. The van der Waals surface area contributed by atoms with Gasteiger partial charge in [0, 0.05) is 25.7 Å². The summed E-state index contributed by atoms with van der Waals surface area (Å²) in [4.78, 5) is 26.9. The molecule has 0 atom stereocenters. The summed E-state index contributed by atoms with van der Waals surface area (Å²) in [7, 11) is 3.43. The molecule has 0 spiro atoms. The molecule has 7 heteroatoms. The van der Waals surface area contributed by atoms with E-state index in [0.29, 0.717) is 23.1 Å². The van der Waals surface area contributed by atoms with Crippen LogP contribution in [0, 0.1) is 0 Å². The third-order valence-electron chi connectivity index (χ3n) is 4.28. The summed E-state index contributed by atoms with van der Waals surface area (Å²) < 4.78 is 7.46. The number of fused-ring (bicyclic) bond motifs is 1. The monoisotopic (exact) mass is 359 g/mol. The van der Waals surface area contributed by atoms with Crippen LogP contribution in [-0.4, -0.2) is 32.5 Å². The zero-order valence-electron chi connectivity index (χ0n) is 14.9. The predicted octanol–water partition coefficient (Wildman–Crippen LogP) is 3.43. The molecule has 0 saturated carbocycles. The molecule has 3 aromatic heterocycles. The van der Waals surface area contributed by atoms with Crippen LogP contribution >= 0.6 is 0 Å². The molecule has 0 aliphatic heterocycles. The Morgan fingerprint density at radius 1 is 1.07 bits per heavy atom. The van der Waals surface area contributed by atoms with E-state index in [-0.39, 0.29) is 5.91 Å². The molecule has 0 saturated heterocycles. The van der Waals surface area contributed by atoms with Crippen molar-refractivity contribution in [2.24, 2.45) is 7.05 Å². The largest absolute Gasteiger partial charge is 0.424 e. The van der Waals surface area contributed by atoms with Crippen LogP contribution in [0.1, 0.15) is 10.5 Å². The molecule has 0 radical (unpaired) electrons. The topological polar surface area (TPSA) is 73.1 Å². The Balaban J connectivity index is 1.58. The van der Waals surface area contributed by atoms with Crippen LogP contribution in [0.15, 0.2) is 67.3 Å². The van der Waals surface area contributed by atoms with E-state index in [2.05, 4.69) is 15.0 Å². The predicted molar refractivity (Wildman–Crippen MR) is 102 cm³/mol. The van der Waals surface area contributed by atoms with Gasteiger partial charge in [-0.2, -0.15) is 0 Å². The highest BCUT2D eigenvalue weighted by molar-refractivity contribution is 6.04. The van der Waals surface area contributed by atoms with Crippen molar-refractivity contribution in [1.82, 2.24) is 19.5 Å². The number of carbonyl (C=O) groups is 1. The Morgan fingerprint density at radius 2 is 1.93 bits per heavy atom. The standard InChI is InChI=1S/C20H17N5O2/c1-24(15-7-5-9-21-11-15)19(26)18-13-23-20(25(18)2)27-16-10-14-6-3-4-8-17(14)22-12-16/h3-13H,1-2H3. The van der Waals surface area contributed by atoms with Gasteiger partial charge in [-0.3, -0.25) is 19.3 Å². The highest BCUT2D eigenvalue weighted by atomic mass is 16.5. The van der Waals surface area contributed by atoms with Gasteiger partial charge in [-0.25, -0.2) is 4.98 Å². The van der Waals surface area contributed by atoms with Crippen molar-refractivity contribution in [3.05, 3.63) is 72.9 Å². The summed E-state index contributed by atoms with van der Waals surface area (Å²) in [5, 5.41) is 0.969. The van der Waals surface area contributed by atoms with Crippen molar-refractivity contribution < 1.29 is 9.53 Å². The number of aromatic nitrogens is 4. The molecule has 0 bridgehead atoms. The maximum absolute atomic E-state index is 12.8. The molecule has 3 heterocycles. The van der Waals surface area contributed by atoms with Gasteiger partial charge >= 0.3 is 6.01 Å². The second-order valence-electron chi connectivity index (χ2n) is 6.03. The zero-order chi connectivity index (χ0) is 18.8. The second kappa shape index (κ2) is 6.87. The van der Waals surface area contributed by atoms with Crippen molar-refractivity contribution in [3.63, 3.8) is 0 Å². The summed E-state index contributed by atoms with van der Waals surface area (Å²) in [6, 6.07) is 13.6. The first-order valence-electron chi connectivity index (χ1n) is 8.36. The Kier molecular flexibility index (Phi) is 4.25. The van der Waals surface area contributed by atoms with E-state index in [1.54, 1.807) is 43.3 Å². The molecule has 1 amide bonds. The lowest BCUT2D eigenvalue weighted by atomic mass is 10.2. The van der Waals surface area contributed by atoms with Crippen molar-refractivity contribution in [2.45, 2.75) is 0 Å². The highest BCUT2D eigenvalue weighted by Crippen LogP contribution is 2.24. The van der Waals surface area contributed by atoms with E-state index in [1.165, 1.54) is 11.1 Å². The summed E-state index contributed by atoms with van der Waals surface area (Å²) >= 11 is 0. The average molecular weight is 359 g/mol. The molecule has 4 aromatic rings. The molecular weight excluding hydrogens is 342 g/mol. The van der Waals surface area contributed by atoms with Gasteiger partial charge in [0.25, 0.3) is 5.91 Å². The lowest BCUT2D eigenvalue weighted by Crippen LogP contribution is -2.28. The number of hydrogen-bond donors (Lipinski definition) is 0. The number of hydrogen-bond acceptors (Lipinski definition) is 5. The van der Waals surface area contributed by atoms with Crippen molar-refractivity contribution in [2.75, 3.05) is 11.9 Å². The molecule has 27 heavy (non-hydrogen) atoms. The van der Waals surface area contributed by atoms with Crippen LogP contribution in [-0.2, 0) is 7.05 Å². The van der Waals surface area contributed by atoms with Crippen LogP contribution in [0.5, 0.6) is 11.8 Å². The molecule has 1 aromatic carbocycles. The fourth-order valence-electron chi connectivity index (χ4n) is 2.74. The van der Waals surface area contributed by atoms with Crippen LogP contribution in [0.2, 0.25) is 0 Å². The minimum atomic E-state index is -0.204. The summed E-state index contributed by atoms with van der Waals surface area (Å²) in [6.45, 7) is 0. The zero-order valence-corrected chi connectivity index (χ0v) is 14.9. The molecule has 4 rings (SSSR count). The molecule has 0 N–H and O–H groups in total. The van der Waals surface area contributed by atoms with E-state index < -0.39 is 0 Å². The van der Waals surface area contributed by atoms with Gasteiger partial charge in [0.05, 0.1) is 29.8 Å². The number of nitrogens with zero attached hydrogens (tertiary/aromatic N) is 5. The summed E-state index contributed by atoms with van der Waals surface area (Å²) in [5.74, 6) is 0.353. The van der Waals surface area contributed by atoms with Gasteiger partial charge in [0.15, 0.2) is 0 Å². The molecule has 0 aliphatic carbocycles. The van der Waals surface area contributed by atoms with E-state index in [4.69, 9.17) is 4.74 Å². The minimum absolute atomic E-state index is 0.204. The van der Waals surface area contributed by atoms with E-state index >= 15 is 0 Å². The number of carbonyl (C=O) groups excluding carboxylic acids is 1. The lowest BCUT2D eigenvalue weighted by Gasteiger charge is -2.16. The normalized spacial score (nSPS) is 10.7. The van der Waals surface area contributed by atoms with E-state index in [9.17, 15) is 4.79 Å². The van der Waals surface area contributed by atoms with Crippen LogP contribution in [0.4, 0.5) is 5.69 Å². The van der Waals surface area contributed by atoms with Crippen LogP contribution in [0.3, 0.4) is 0 Å². The molecule has 0 aliphatic rings. The lowest BCUT2D eigenvalue weighted by molar-refractivity contribution is 0.0984. The molecule has 134 valence electrons. The van der Waals surface area contributed by atoms with Crippen molar-refractivity contribution in [1.29, 1.82) is 0 Å². The SMILES string of the molecule is CN(C(=O)c1cnc(Oc2cnc3ccccc3c2)n1C)c1cccnc1. The first-order valence-corrected chi connectivity index (χ1v) is 8.36. The van der Waals surface area contributed by atoms with Gasteiger partial charge in [0.2, 0.25) is 0 Å². The first-order chi connectivity index (χ1) is 13.1. The second-order valence-corrected chi connectivity index (χ2v) is 6.03. The number of benzene rings is 1. The molecule has 0 unspecified atom stereocenters. The summed E-state index contributed by atoms with van der Waals surface area (Å²) in [6.07, 6.45) is 6.43. The van der Waals surface area contributed by atoms with Gasteiger partial charge in [0.1, 0.15) is 11.4 Å². The number of para-hydroxylation sites is 1. The first kappa shape index (κ1) is 16.7. The molecule has 7 nitrogen and oxygen atoms in total. The van der Waals surface area contributed by atoms with Crippen molar-refractivity contribution in [3.8, 4) is 11.8 Å². The Hall–Kier alpha value is -3.74. The van der Waals surface area contributed by atoms with Gasteiger partial charge < -0.3 is 9.64 Å². The van der Waals surface area contributed by atoms with Gasteiger partial charge in [-0.05, 0) is 24.3 Å². The molecular formula is C20H17N5O2. The number of imidazole rings is 1. The van der Waals surface area contributed by atoms with Crippen LogP contribution in [0.25, 0.3) is 10.9 Å². The third-order valence-corrected chi connectivity index (χ3v) is 4.28. The number of ether oxygens (including phenoxy) is 1. The van der Waals surface area contributed by atoms with Gasteiger partial charge in [-0.1, -0.05) is 18.2 Å². The maximum Gasteiger partial charge on any atom is 0.302 e. The van der Waals surface area contributed by atoms with E-state index in [0.717, 1.165) is 10.9 Å². The van der Waals surface area contributed by atoms with E-state index in [1.807, 2.05) is 36.4 Å². The average Bonchev–Trinajstić information content (AvgIpc) is 3.07. The minimum Gasteiger partial charge on any atom is -0.424 e. The molecule has 0 fully saturated rings. The number of amides is 1. The fourth-order valence-corrected chi connectivity index (χ4v) is 2.74. The maximum atomic E-state index is 12.8. The van der Waals surface area contributed by atoms with Crippen molar-refractivity contribution >= 4 is 22.5 Å². The highest BCUT2D eigenvalue weighted by Gasteiger charge is 2.20. The Morgan fingerprint density at radius 3 is 2.74 bits per heavy atom. The number of rotatable bonds is 4. The van der Waals surface area contributed by atoms with Gasteiger partial charge in [-0.15, -0.1) is 0 Å². The number of anilines is 1. The Labute approximate surface area is 155 Å². The third kappa shape index (κ3) is 3.22. The quantitative estimate of drug-likeness (QED) is 0.558. The fraction of sp³-hybridized carbons (Fsp3) is 0.100. The smallest absolute Gasteiger partial charge is 0.302 e.